The van der Waals surface area contributed by atoms with Crippen LogP contribution < -0.4 is 0 Å². The standard InChI is InChI=1S/C10H16O/c1-9(2)5-4-6-10(9,3)7-8-11/h4-5,8H,6-7H2,1-3H3/t10-/m0/s1. The minimum absolute atomic E-state index is 0.161. The summed E-state index contributed by atoms with van der Waals surface area (Å²) in [4.78, 5) is 10.4. The second-order valence-electron chi connectivity index (χ2n) is 4.26. The van der Waals surface area contributed by atoms with Gasteiger partial charge in [-0.05, 0) is 17.3 Å². The van der Waals surface area contributed by atoms with Crippen LogP contribution >= 0.6 is 0 Å². The zero-order valence-electron chi connectivity index (χ0n) is 7.55. The van der Waals surface area contributed by atoms with E-state index in [1.165, 1.54) is 0 Å². The Kier molecular flexibility index (Phi) is 1.91. The van der Waals surface area contributed by atoms with Gasteiger partial charge >= 0.3 is 0 Å². The molecule has 0 unspecified atom stereocenters. The van der Waals surface area contributed by atoms with Crippen molar-refractivity contribution in [3.05, 3.63) is 12.2 Å². The Bertz CT molecular complexity index is 191. The zero-order chi connectivity index (χ0) is 8.54. The van der Waals surface area contributed by atoms with Crippen molar-refractivity contribution in [1.82, 2.24) is 0 Å². The van der Waals surface area contributed by atoms with Gasteiger partial charge < -0.3 is 4.79 Å². The lowest BCUT2D eigenvalue weighted by molar-refractivity contribution is -0.110. The van der Waals surface area contributed by atoms with Crippen LogP contribution in [0.2, 0.25) is 0 Å². The van der Waals surface area contributed by atoms with Gasteiger partial charge in [-0.25, -0.2) is 0 Å². The Hall–Kier alpha value is -0.590. The van der Waals surface area contributed by atoms with Crippen molar-refractivity contribution in [2.75, 3.05) is 0 Å². The summed E-state index contributed by atoms with van der Waals surface area (Å²) in [7, 11) is 0. The smallest absolute Gasteiger partial charge is 0.120 e. The van der Waals surface area contributed by atoms with E-state index >= 15 is 0 Å². The predicted molar refractivity (Wildman–Crippen MR) is 46.3 cm³/mol. The molecule has 1 aliphatic carbocycles. The van der Waals surface area contributed by atoms with Gasteiger partial charge in [-0.3, -0.25) is 0 Å². The number of hydrogen-bond donors (Lipinski definition) is 0. The summed E-state index contributed by atoms with van der Waals surface area (Å²) in [5.41, 5.74) is 0.350. The molecule has 0 aromatic rings. The van der Waals surface area contributed by atoms with Crippen LogP contribution in [0.1, 0.15) is 33.6 Å². The SMILES string of the molecule is CC1(C)C=CC[C@@]1(C)CC=O. The summed E-state index contributed by atoms with van der Waals surface area (Å²) in [5, 5.41) is 0. The van der Waals surface area contributed by atoms with Crippen LogP contribution in [0.4, 0.5) is 0 Å². The van der Waals surface area contributed by atoms with Crippen molar-refractivity contribution < 1.29 is 4.79 Å². The van der Waals surface area contributed by atoms with Gasteiger partial charge in [-0.2, -0.15) is 0 Å². The summed E-state index contributed by atoms with van der Waals surface area (Å²) >= 11 is 0. The van der Waals surface area contributed by atoms with Crippen LogP contribution in [0.5, 0.6) is 0 Å². The first-order valence-corrected chi connectivity index (χ1v) is 4.13. The lowest BCUT2D eigenvalue weighted by atomic mass is 9.67. The lowest BCUT2D eigenvalue weighted by Gasteiger charge is -2.36. The molecule has 0 fully saturated rings. The van der Waals surface area contributed by atoms with Gasteiger partial charge in [0.2, 0.25) is 0 Å². The van der Waals surface area contributed by atoms with Gasteiger partial charge in [0, 0.05) is 6.42 Å². The molecule has 11 heavy (non-hydrogen) atoms. The van der Waals surface area contributed by atoms with Gasteiger partial charge in [0.05, 0.1) is 0 Å². The fourth-order valence-electron chi connectivity index (χ4n) is 1.61. The maximum absolute atomic E-state index is 10.4. The van der Waals surface area contributed by atoms with Crippen LogP contribution in [-0.2, 0) is 4.79 Å². The number of aldehydes is 1. The van der Waals surface area contributed by atoms with Crippen LogP contribution in [-0.4, -0.2) is 6.29 Å². The third-order valence-electron chi connectivity index (χ3n) is 3.19. The molecule has 62 valence electrons. The normalized spacial score (nSPS) is 34.1. The minimum atomic E-state index is 0.161. The molecule has 1 rings (SSSR count). The molecule has 0 bridgehead atoms. The molecular formula is C10H16O. The van der Waals surface area contributed by atoms with E-state index < -0.39 is 0 Å². The predicted octanol–water partition coefficient (Wildman–Crippen LogP) is 2.57. The maximum atomic E-state index is 10.4. The average molecular weight is 152 g/mol. The quantitative estimate of drug-likeness (QED) is 0.439. The molecule has 0 amide bonds. The van der Waals surface area contributed by atoms with Crippen LogP contribution in [0.3, 0.4) is 0 Å². The van der Waals surface area contributed by atoms with Crippen molar-refractivity contribution in [3.63, 3.8) is 0 Å². The molecule has 0 radical (unpaired) electrons. The fraction of sp³-hybridized carbons (Fsp3) is 0.700. The van der Waals surface area contributed by atoms with Crippen molar-refractivity contribution in [3.8, 4) is 0 Å². The van der Waals surface area contributed by atoms with Gasteiger partial charge in [-0.1, -0.05) is 32.9 Å². The van der Waals surface area contributed by atoms with E-state index in [0.717, 1.165) is 12.7 Å². The number of allylic oxidation sites excluding steroid dienone is 2. The molecule has 1 nitrogen and oxygen atoms in total. The summed E-state index contributed by atoms with van der Waals surface area (Å²) in [6, 6.07) is 0. The molecule has 1 aliphatic rings. The molecule has 0 saturated carbocycles. The highest BCUT2D eigenvalue weighted by atomic mass is 16.1. The van der Waals surface area contributed by atoms with E-state index in [9.17, 15) is 4.79 Å². The van der Waals surface area contributed by atoms with Crippen LogP contribution in [0.15, 0.2) is 12.2 Å². The molecule has 0 aliphatic heterocycles. The average Bonchev–Trinajstić information content (AvgIpc) is 2.09. The molecule has 1 heteroatoms. The van der Waals surface area contributed by atoms with Gasteiger partial charge in [0.1, 0.15) is 6.29 Å². The fourth-order valence-corrected chi connectivity index (χ4v) is 1.61. The van der Waals surface area contributed by atoms with Crippen molar-refractivity contribution in [2.45, 2.75) is 33.6 Å². The summed E-state index contributed by atoms with van der Waals surface area (Å²) < 4.78 is 0. The number of carbonyl (C=O) groups is 1. The van der Waals surface area contributed by atoms with Gasteiger partial charge in [0.25, 0.3) is 0 Å². The first-order valence-electron chi connectivity index (χ1n) is 4.13. The van der Waals surface area contributed by atoms with Crippen LogP contribution in [0, 0.1) is 10.8 Å². The lowest BCUT2D eigenvalue weighted by Crippen LogP contribution is -2.30. The van der Waals surface area contributed by atoms with E-state index in [1.54, 1.807) is 0 Å². The second-order valence-corrected chi connectivity index (χ2v) is 4.26. The van der Waals surface area contributed by atoms with E-state index in [0.29, 0.717) is 6.42 Å². The Balaban J connectivity index is 2.80. The Morgan fingerprint density at radius 1 is 1.45 bits per heavy atom. The van der Waals surface area contributed by atoms with Crippen molar-refractivity contribution in [1.29, 1.82) is 0 Å². The van der Waals surface area contributed by atoms with E-state index in [2.05, 4.69) is 32.9 Å². The Morgan fingerprint density at radius 3 is 2.45 bits per heavy atom. The number of carbonyl (C=O) groups excluding carboxylic acids is 1. The molecule has 0 saturated heterocycles. The maximum Gasteiger partial charge on any atom is 0.120 e. The molecular weight excluding hydrogens is 136 g/mol. The highest BCUT2D eigenvalue weighted by Gasteiger charge is 2.40. The second kappa shape index (κ2) is 2.47. The molecule has 0 aromatic heterocycles. The monoisotopic (exact) mass is 152 g/mol. The molecule has 0 heterocycles. The van der Waals surface area contributed by atoms with E-state index in [1.807, 2.05) is 0 Å². The zero-order valence-corrected chi connectivity index (χ0v) is 7.55. The van der Waals surface area contributed by atoms with Crippen LogP contribution in [0.25, 0.3) is 0 Å². The topological polar surface area (TPSA) is 17.1 Å². The van der Waals surface area contributed by atoms with Gasteiger partial charge in [0.15, 0.2) is 0 Å². The molecule has 0 spiro atoms. The van der Waals surface area contributed by atoms with Gasteiger partial charge in [-0.15, -0.1) is 0 Å². The van der Waals surface area contributed by atoms with Crippen molar-refractivity contribution >= 4 is 6.29 Å². The third kappa shape index (κ3) is 1.24. The first kappa shape index (κ1) is 8.51. The first-order chi connectivity index (χ1) is 5.02. The number of hydrogen-bond acceptors (Lipinski definition) is 1. The van der Waals surface area contributed by atoms with E-state index in [-0.39, 0.29) is 10.8 Å². The highest BCUT2D eigenvalue weighted by Crippen LogP contribution is 2.49. The Morgan fingerprint density at radius 2 is 2.09 bits per heavy atom. The highest BCUT2D eigenvalue weighted by molar-refractivity contribution is 5.51. The number of rotatable bonds is 2. The largest absolute Gasteiger partial charge is 0.303 e. The Labute approximate surface area is 68.5 Å². The molecule has 0 aromatic carbocycles. The molecule has 1 atom stereocenters. The third-order valence-corrected chi connectivity index (χ3v) is 3.19. The molecule has 0 N–H and O–H groups in total. The van der Waals surface area contributed by atoms with Crippen molar-refractivity contribution in [2.24, 2.45) is 10.8 Å². The minimum Gasteiger partial charge on any atom is -0.303 e. The summed E-state index contributed by atoms with van der Waals surface area (Å²) in [5.74, 6) is 0. The summed E-state index contributed by atoms with van der Waals surface area (Å²) in [6.45, 7) is 6.57. The van der Waals surface area contributed by atoms with E-state index in [4.69, 9.17) is 0 Å². The summed E-state index contributed by atoms with van der Waals surface area (Å²) in [6.07, 6.45) is 7.15.